The van der Waals surface area contributed by atoms with Crippen molar-refractivity contribution in [1.29, 1.82) is 0 Å². The average molecular weight is 429 g/mol. The Morgan fingerprint density at radius 3 is 1.31 bits per heavy atom. The molecule has 1 heteroatoms. The number of ketones is 1. The van der Waals surface area contributed by atoms with Gasteiger partial charge in [0.1, 0.15) is 0 Å². The first-order valence-corrected chi connectivity index (χ1v) is 12.0. The summed E-state index contributed by atoms with van der Waals surface area (Å²) in [6, 6.07) is 24.3. The van der Waals surface area contributed by atoms with Gasteiger partial charge in [-0.05, 0) is 52.0 Å². The average Bonchev–Trinajstić information content (AvgIpc) is 2.79. The summed E-state index contributed by atoms with van der Waals surface area (Å²) in [5, 5.41) is 0. The smallest absolute Gasteiger partial charge is 0.193 e. The van der Waals surface area contributed by atoms with Crippen LogP contribution in [0.5, 0.6) is 0 Å². The van der Waals surface area contributed by atoms with Gasteiger partial charge in [-0.25, -0.2) is 0 Å². The van der Waals surface area contributed by atoms with Gasteiger partial charge < -0.3 is 0 Å². The van der Waals surface area contributed by atoms with Crippen molar-refractivity contribution >= 4 is 5.78 Å². The molecule has 0 radical (unpaired) electrons. The van der Waals surface area contributed by atoms with E-state index in [0.717, 1.165) is 11.1 Å². The molecule has 32 heavy (non-hydrogen) atoms. The van der Waals surface area contributed by atoms with Crippen molar-refractivity contribution in [2.24, 2.45) is 0 Å². The summed E-state index contributed by atoms with van der Waals surface area (Å²) in [6.07, 6.45) is 0. The van der Waals surface area contributed by atoms with E-state index in [1.165, 1.54) is 22.3 Å². The fraction of sp³-hybridized carbons (Fsp3) is 0.387. The summed E-state index contributed by atoms with van der Waals surface area (Å²) in [5.41, 5.74) is 7.13. The molecule has 0 atom stereocenters. The number of hydrogen-bond acceptors (Lipinski definition) is 1. The van der Waals surface area contributed by atoms with Crippen LogP contribution in [0.15, 0.2) is 72.8 Å². The molecule has 0 amide bonds. The van der Waals surface area contributed by atoms with Gasteiger partial charge in [-0.2, -0.15) is 0 Å². The Labute approximate surface area is 195 Å². The molecule has 0 saturated heterocycles. The highest BCUT2D eigenvalue weighted by Gasteiger charge is 2.15. The van der Waals surface area contributed by atoms with Gasteiger partial charge in [0.05, 0.1) is 0 Å². The molecule has 0 spiro atoms. The van der Waals surface area contributed by atoms with Crippen LogP contribution in [0.3, 0.4) is 0 Å². The molecule has 0 aromatic heterocycles. The fourth-order valence-corrected chi connectivity index (χ4v) is 4.06. The van der Waals surface area contributed by atoms with E-state index in [9.17, 15) is 4.79 Å². The van der Waals surface area contributed by atoms with Gasteiger partial charge in [0.2, 0.25) is 0 Å². The van der Waals surface area contributed by atoms with Crippen molar-refractivity contribution in [2.45, 2.75) is 79.1 Å². The van der Waals surface area contributed by atoms with E-state index in [4.69, 9.17) is 0 Å². The second kappa shape index (κ2) is 11.8. The monoisotopic (exact) mass is 428 g/mol. The molecule has 170 valence electrons. The van der Waals surface area contributed by atoms with E-state index in [-0.39, 0.29) is 5.78 Å². The predicted molar refractivity (Wildman–Crippen MR) is 139 cm³/mol. The van der Waals surface area contributed by atoms with Crippen LogP contribution in [0.4, 0.5) is 0 Å². The largest absolute Gasteiger partial charge is 0.289 e. The molecule has 0 fully saturated rings. The molecule has 3 aromatic carbocycles. The van der Waals surface area contributed by atoms with E-state index >= 15 is 0 Å². The van der Waals surface area contributed by atoms with Crippen LogP contribution in [-0.4, -0.2) is 5.78 Å². The molecular formula is C31H40O. The minimum absolute atomic E-state index is 0.0998. The molecule has 0 aliphatic carbocycles. The van der Waals surface area contributed by atoms with Crippen LogP contribution in [-0.2, 0) is 0 Å². The molecule has 0 bridgehead atoms. The lowest BCUT2D eigenvalue weighted by Gasteiger charge is -2.17. The Morgan fingerprint density at radius 2 is 0.875 bits per heavy atom. The Morgan fingerprint density at radius 1 is 0.469 bits per heavy atom. The van der Waals surface area contributed by atoms with Gasteiger partial charge in [-0.1, -0.05) is 122 Å². The van der Waals surface area contributed by atoms with Crippen LogP contribution in [0.25, 0.3) is 0 Å². The van der Waals surface area contributed by atoms with Gasteiger partial charge in [0, 0.05) is 11.1 Å². The lowest BCUT2D eigenvalue weighted by molar-refractivity contribution is 0.103. The van der Waals surface area contributed by atoms with E-state index in [1.54, 1.807) is 0 Å². The zero-order valence-electron chi connectivity index (χ0n) is 21.1. The van der Waals surface area contributed by atoms with Crippen molar-refractivity contribution in [2.75, 3.05) is 0 Å². The Balaban J connectivity index is 0.000000258. The Kier molecular flexibility index (Phi) is 9.44. The van der Waals surface area contributed by atoms with Crippen LogP contribution in [0, 0.1) is 0 Å². The molecule has 1 nitrogen and oxygen atoms in total. The second-order valence-corrected chi connectivity index (χ2v) is 9.79. The van der Waals surface area contributed by atoms with Crippen LogP contribution in [0.2, 0.25) is 0 Å². The van der Waals surface area contributed by atoms with Gasteiger partial charge in [0.15, 0.2) is 5.78 Å². The lowest BCUT2D eigenvalue weighted by Crippen LogP contribution is -2.05. The van der Waals surface area contributed by atoms with Gasteiger partial charge >= 0.3 is 0 Å². The van der Waals surface area contributed by atoms with Crippen molar-refractivity contribution in [3.63, 3.8) is 0 Å². The van der Waals surface area contributed by atoms with Gasteiger partial charge in [-0.3, -0.25) is 4.79 Å². The van der Waals surface area contributed by atoms with Gasteiger partial charge in [0.25, 0.3) is 0 Å². The van der Waals surface area contributed by atoms with E-state index in [2.05, 4.69) is 91.8 Å². The molecule has 3 rings (SSSR count). The van der Waals surface area contributed by atoms with Crippen LogP contribution < -0.4 is 0 Å². The minimum atomic E-state index is 0.0998. The lowest BCUT2D eigenvalue weighted by atomic mass is 9.88. The number of carbonyl (C=O) groups excluding carboxylic acids is 1. The summed E-state index contributed by atoms with van der Waals surface area (Å²) in [5.74, 6) is 2.29. The number of hydrogen-bond donors (Lipinski definition) is 0. The standard InChI is InChI=1S/C19H22O.C12H18/c1-13(2)17-11-10-16(12-18(17)14(3)4)19(20)15-8-6-5-7-9-15;1-9(2)11-7-5-6-8-12(11)10(3)4/h5-14H,1-4H3;5-10H,1-4H3. The van der Waals surface area contributed by atoms with Crippen LogP contribution in [0.1, 0.15) is 117 Å². The topological polar surface area (TPSA) is 17.1 Å². The number of carbonyl (C=O) groups is 1. The number of rotatable bonds is 6. The zero-order valence-corrected chi connectivity index (χ0v) is 21.1. The maximum absolute atomic E-state index is 12.5. The maximum Gasteiger partial charge on any atom is 0.193 e. The summed E-state index contributed by atoms with van der Waals surface area (Å²) < 4.78 is 0. The summed E-state index contributed by atoms with van der Waals surface area (Å²) in [6.45, 7) is 17.8. The van der Waals surface area contributed by atoms with E-state index in [1.807, 2.05) is 36.4 Å². The first-order chi connectivity index (χ1) is 15.1. The molecule has 3 aromatic rings. The Hall–Kier alpha value is -2.67. The first kappa shape index (κ1) is 25.6. The zero-order chi connectivity index (χ0) is 23.8. The molecule has 0 saturated carbocycles. The molecular weight excluding hydrogens is 388 g/mol. The normalized spacial score (nSPS) is 11.1. The second-order valence-electron chi connectivity index (χ2n) is 9.79. The van der Waals surface area contributed by atoms with Gasteiger partial charge in [-0.15, -0.1) is 0 Å². The van der Waals surface area contributed by atoms with E-state index in [0.29, 0.717) is 23.7 Å². The highest BCUT2D eigenvalue weighted by Crippen LogP contribution is 2.28. The maximum atomic E-state index is 12.5. The van der Waals surface area contributed by atoms with Crippen LogP contribution >= 0.6 is 0 Å². The minimum Gasteiger partial charge on any atom is -0.289 e. The summed E-state index contributed by atoms with van der Waals surface area (Å²) in [4.78, 5) is 12.5. The molecule has 0 aliphatic rings. The molecule has 0 unspecified atom stereocenters. The molecule has 0 heterocycles. The SMILES string of the molecule is CC(C)c1ccc(C(=O)c2ccccc2)cc1C(C)C.CC(C)c1ccccc1C(C)C. The third-order valence-corrected chi connectivity index (χ3v) is 5.87. The summed E-state index contributed by atoms with van der Waals surface area (Å²) in [7, 11) is 0. The third-order valence-electron chi connectivity index (χ3n) is 5.87. The highest BCUT2D eigenvalue weighted by atomic mass is 16.1. The predicted octanol–water partition coefficient (Wildman–Crippen LogP) is 9.10. The summed E-state index contributed by atoms with van der Waals surface area (Å²) >= 11 is 0. The Bertz CT molecular complexity index is 967. The van der Waals surface area contributed by atoms with Crippen molar-refractivity contribution < 1.29 is 4.79 Å². The van der Waals surface area contributed by atoms with Crippen molar-refractivity contribution in [3.8, 4) is 0 Å². The molecule has 0 aliphatic heterocycles. The van der Waals surface area contributed by atoms with E-state index < -0.39 is 0 Å². The molecule has 0 N–H and O–H groups in total. The highest BCUT2D eigenvalue weighted by molar-refractivity contribution is 6.09. The number of benzene rings is 3. The first-order valence-electron chi connectivity index (χ1n) is 12.0. The fourth-order valence-electron chi connectivity index (χ4n) is 4.06. The van der Waals surface area contributed by atoms with Crippen molar-refractivity contribution in [3.05, 3.63) is 106 Å². The quantitative estimate of drug-likeness (QED) is 0.358. The third kappa shape index (κ3) is 6.66. The van der Waals surface area contributed by atoms with Crippen molar-refractivity contribution in [1.82, 2.24) is 0 Å².